The highest BCUT2D eigenvalue weighted by atomic mass is 16.2. The highest BCUT2D eigenvalue weighted by Crippen LogP contribution is 2.48. The third kappa shape index (κ3) is 5.87. The fraction of sp³-hybridized carbons (Fsp3) is 0.750. The molecule has 2 heterocycles. The second-order valence-electron chi connectivity index (χ2n) is 13.9. The summed E-state index contributed by atoms with van der Waals surface area (Å²) in [5.74, 6) is 0.725. The Bertz CT molecular complexity index is 1080. The van der Waals surface area contributed by atoms with Gasteiger partial charge < -0.3 is 15.0 Å². The van der Waals surface area contributed by atoms with Gasteiger partial charge in [-0.15, -0.1) is 0 Å². The predicted octanol–water partition coefficient (Wildman–Crippen LogP) is 4.63. The number of carbonyl (C=O) groups is 4. The molecule has 4 fully saturated rings. The summed E-state index contributed by atoms with van der Waals surface area (Å²) in [7, 11) is 0. The summed E-state index contributed by atoms with van der Waals surface area (Å²) in [5.41, 5.74) is -0.124. The maximum absolute atomic E-state index is 14.2. The van der Waals surface area contributed by atoms with E-state index in [1.54, 1.807) is 11.1 Å². The lowest BCUT2D eigenvalue weighted by Crippen LogP contribution is -2.59. The lowest BCUT2D eigenvalue weighted by atomic mass is 9.60. The lowest BCUT2D eigenvalue weighted by Gasteiger charge is -2.46. The molecule has 1 aromatic heterocycles. The highest BCUT2D eigenvalue weighted by molar-refractivity contribution is 5.94. The van der Waals surface area contributed by atoms with Crippen LogP contribution < -0.4 is 5.32 Å². The number of carbonyl (C=O) groups excluding carboxylic acids is 4. The summed E-state index contributed by atoms with van der Waals surface area (Å²) >= 11 is 0. The zero-order valence-corrected chi connectivity index (χ0v) is 24.4. The molecule has 0 spiro atoms. The van der Waals surface area contributed by atoms with Gasteiger partial charge in [0.05, 0.1) is 12.2 Å². The average Bonchev–Trinajstić information content (AvgIpc) is 3.54. The van der Waals surface area contributed by atoms with Gasteiger partial charge in [-0.2, -0.15) is 0 Å². The van der Waals surface area contributed by atoms with Crippen LogP contribution >= 0.6 is 0 Å². The van der Waals surface area contributed by atoms with Gasteiger partial charge in [0, 0.05) is 31.3 Å². The molecular weight excluding hydrogens is 504 g/mol. The molecule has 3 aliphatic carbocycles. The third-order valence-corrected chi connectivity index (χ3v) is 10.5. The van der Waals surface area contributed by atoms with Gasteiger partial charge >= 0.3 is 0 Å². The monoisotopic (exact) mass is 550 g/mol. The minimum absolute atomic E-state index is 0.0205. The summed E-state index contributed by atoms with van der Waals surface area (Å²) in [6.45, 7) is 6.58. The van der Waals surface area contributed by atoms with E-state index in [9.17, 15) is 19.2 Å². The van der Waals surface area contributed by atoms with E-state index in [0.29, 0.717) is 24.6 Å². The van der Waals surface area contributed by atoms with Crippen molar-refractivity contribution in [3.05, 3.63) is 24.3 Å². The number of hydrogen-bond donors (Lipinski definition) is 1. The molecule has 7 atom stereocenters. The molecule has 7 unspecified atom stereocenters. The molecule has 1 aliphatic heterocycles. The average molecular weight is 551 g/mol. The molecule has 1 N–H and O–H groups in total. The lowest BCUT2D eigenvalue weighted by molar-refractivity contribution is -0.145. The number of nitrogens with zero attached hydrogens (tertiary/aromatic N) is 3. The standard InChI is InChI=1S/C32H46N4O4/c1-32(2,3)29(31(40)36-18-22-10-7-11-23(22)26(36)19-37)35-30(39)28(20-8-5-4-6-9-20)24-13-12-21(24)16-27(38)25-17-33-14-15-34-25/h14-15,17,19-24,26,28-29H,4-13,16,18H2,1-3H3,(H,35,39). The van der Waals surface area contributed by atoms with Crippen molar-refractivity contribution in [3.63, 3.8) is 0 Å². The van der Waals surface area contributed by atoms with Gasteiger partial charge in [-0.25, -0.2) is 4.98 Å². The smallest absolute Gasteiger partial charge is 0.246 e. The first-order valence-electron chi connectivity index (χ1n) is 15.5. The quantitative estimate of drug-likeness (QED) is 0.355. The van der Waals surface area contributed by atoms with Crippen molar-refractivity contribution < 1.29 is 19.2 Å². The fourth-order valence-corrected chi connectivity index (χ4v) is 8.17. The number of aromatic nitrogens is 2. The first-order valence-corrected chi connectivity index (χ1v) is 15.5. The number of fused-ring (bicyclic) bond motifs is 1. The van der Waals surface area contributed by atoms with Crippen molar-refractivity contribution >= 4 is 23.9 Å². The van der Waals surface area contributed by atoms with Crippen LogP contribution in [-0.4, -0.2) is 57.4 Å². The normalized spacial score (nSPS) is 30.2. The van der Waals surface area contributed by atoms with Crippen molar-refractivity contribution in [1.82, 2.24) is 20.2 Å². The summed E-state index contributed by atoms with van der Waals surface area (Å²) in [5, 5.41) is 3.24. The topological polar surface area (TPSA) is 109 Å². The molecule has 40 heavy (non-hydrogen) atoms. The van der Waals surface area contributed by atoms with Crippen LogP contribution in [0.1, 0.15) is 102 Å². The molecule has 8 heteroatoms. The van der Waals surface area contributed by atoms with E-state index in [1.807, 2.05) is 20.8 Å². The molecular formula is C32H46N4O4. The number of aldehydes is 1. The first kappa shape index (κ1) is 28.9. The zero-order valence-electron chi connectivity index (χ0n) is 24.4. The van der Waals surface area contributed by atoms with E-state index in [1.165, 1.54) is 18.8 Å². The molecule has 5 rings (SSSR count). The van der Waals surface area contributed by atoms with Gasteiger partial charge in [0.1, 0.15) is 18.0 Å². The van der Waals surface area contributed by atoms with Crippen molar-refractivity contribution in [1.29, 1.82) is 0 Å². The van der Waals surface area contributed by atoms with E-state index in [4.69, 9.17) is 0 Å². The molecule has 8 nitrogen and oxygen atoms in total. The van der Waals surface area contributed by atoms with E-state index in [-0.39, 0.29) is 53.2 Å². The van der Waals surface area contributed by atoms with E-state index >= 15 is 0 Å². The Hall–Kier alpha value is -2.64. The van der Waals surface area contributed by atoms with Gasteiger partial charge in [-0.05, 0) is 73.5 Å². The number of nitrogens with one attached hydrogen (secondary N) is 1. The second kappa shape index (κ2) is 12.1. The zero-order chi connectivity index (χ0) is 28.4. The molecule has 0 bridgehead atoms. The number of amides is 2. The van der Waals surface area contributed by atoms with Crippen LogP contribution in [0.2, 0.25) is 0 Å². The van der Waals surface area contributed by atoms with Crippen LogP contribution in [0.15, 0.2) is 18.6 Å². The minimum atomic E-state index is -0.702. The fourth-order valence-electron chi connectivity index (χ4n) is 8.17. The van der Waals surface area contributed by atoms with E-state index < -0.39 is 11.5 Å². The van der Waals surface area contributed by atoms with Crippen LogP contribution in [0.4, 0.5) is 0 Å². The molecule has 1 aromatic rings. The summed E-state index contributed by atoms with van der Waals surface area (Å²) in [4.78, 5) is 63.4. The van der Waals surface area contributed by atoms with Crippen molar-refractivity contribution in [3.8, 4) is 0 Å². The molecule has 218 valence electrons. The summed E-state index contributed by atoms with van der Waals surface area (Å²) in [6, 6.07) is -1.09. The largest absolute Gasteiger partial charge is 0.344 e. The first-order chi connectivity index (χ1) is 19.2. The number of hydrogen-bond acceptors (Lipinski definition) is 6. The Labute approximate surface area is 238 Å². The van der Waals surface area contributed by atoms with Gasteiger partial charge in [0.15, 0.2) is 5.78 Å². The molecule has 3 saturated carbocycles. The van der Waals surface area contributed by atoms with Crippen LogP contribution in [0, 0.1) is 40.9 Å². The molecule has 1 saturated heterocycles. The summed E-state index contributed by atoms with van der Waals surface area (Å²) in [6.07, 6.45) is 16.4. The molecule has 0 radical (unpaired) electrons. The predicted molar refractivity (Wildman–Crippen MR) is 151 cm³/mol. The summed E-state index contributed by atoms with van der Waals surface area (Å²) < 4.78 is 0. The third-order valence-electron chi connectivity index (χ3n) is 10.5. The van der Waals surface area contributed by atoms with Crippen molar-refractivity contribution in [2.24, 2.45) is 40.9 Å². The Morgan fingerprint density at radius 3 is 2.42 bits per heavy atom. The van der Waals surface area contributed by atoms with Crippen molar-refractivity contribution in [2.75, 3.05) is 6.54 Å². The van der Waals surface area contributed by atoms with Gasteiger partial charge in [0.25, 0.3) is 0 Å². The van der Waals surface area contributed by atoms with Gasteiger partial charge in [-0.1, -0.05) is 46.5 Å². The maximum atomic E-state index is 14.2. The number of ketones is 1. The van der Waals surface area contributed by atoms with Gasteiger partial charge in [0.2, 0.25) is 11.8 Å². The van der Waals surface area contributed by atoms with E-state index in [2.05, 4.69) is 15.3 Å². The number of rotatable bonds is 9. The Morgan fingerprint density at radius 2 is 1.80 bits per heavy atom. The Kier molecular flexibility index (Phi) is 8.72. The Balaban J connectivity index is 1.34. The number of Topliss-reactive ketones (excluding diaryl/α,β-unsaturated/α-hetero) is 1. The SMILES string of the molecule is CC(C)(C)C(NC(=O)C(C1CCCCC1)C1CCC1CC(=O)c1cnccn1)C(=O)N1CC2CCCC2C1C=O. The molecule has 2 amide bonds. The maximum Gasteiger partial charge on any atom is 0.246 e. The Morgan fingerprint density at radius 1 is 1.02 bits per heavy atom. The van der Waals surface area contributed by atoms with Crippen LogP contribution in [0.5, 0.6) is 0 Å². The van der Waals surface area contributed by atoms with Gasteiger partial charge in [-0.3, -0.25) is 19.4 Å². The van der Waals surface area contributed by atoms with Crippen molar-refractivity contribution in [2.45, 2.75) is 103 Å². The minimum Gasteiger partial charge on any atom is -0.344 e. The van der Waals surface area contributed by atoms with Crippen LogP contribution in [-0.2, 0) is 14.4 Å². The molecule has 0 aromatic carbocycles. The second-order valence-corrected chi connectivity index (χ2v) is 13.9. The van der Waals surface area contributed by atoms with E-state index in [0.717, 1.165) is 64.1 Å². The van der Waals surface area contributed by atoms with Crippen LogP contribution in [0.3, 0.4) is 0 Å². The number of likely N-dealkylation sites (tertiary alicyclic amines) is 1. The van der Waals surface area contributed by atoms with Crippen LogP contribution in [0.25, 0.3) is 0 Å². The molecule has 4 aliphatic rings. The highest BCUT2D eigenvalue weighted by Gasteiger charge is 2.50.